The van der Waals surface area contributed by atoms with Crippen LogP contribution in [0.15, 0.2) is 117 Å². The molecule has 4 nitrogen and oxygen atoms in total. The number of amides is 2. The van der Waals surface area contributed by atoms with E-state index in [-0.39, 0.29) is 58.5 Å². The van der Waals surface area contributed by atoms with Gasteiger partial charge in [-0.2, -0.15) is 0 Å². The molecule has 308 valence electrons. The number of allylic oxidation sites excluding steroid dienone is 8. The molecule has 11 heteroatoms. The predicted molar refractivity (Wildman–Crippen MR) is 230 cm³/mol. The molecule has 2 amide bonds. The van der Waals surface area contributed by atoms with Crippen molar-refractivity contribution in [3.63, 3.8) is 0 Å². The molecular weight excluding hydrogens is 831 g/mol. The minimum atomic E-state index is -5.42. The Hall–Kier alpha value is -4.21. The number of halogens is 6. The minimum absolute atomic E-state index is 0.0932. The molecule has 59 heavy (non-hydrogen) atoms. The second kappa shape index (κ2) is 20.4. The van der Waals surface area contributed by atoms with Crippen molar-refractivity contribution in [2.24, 2.45) is 0 Å². The second-order valence-electron chi connectivity index (χ2n) is 14.9. The molecule has 0 heterocycles. The van der Waals surface area contributed by atoms with Gasteiger partial charge in [-0.25, -0.2) is 0 Å². The van der Waals surface area contributed by atoms with E-state index in [1.165, 1.54) is 21.9 Å². The van der Waals surface area contributed by atoms with Gasteiger partial charge < -0.3 is 0 Å². The van der Waals surface area contributed by atoms with Crippen LogP contribution in [-0.2, 0) is 16.6 Å². The first kappa shape index (κ1) is 44.3. The van der Waals surface area contributed by atoms with Crippen LogP contribution in [-0.4, -0.2) is 24.9 Å². The van der Waals surface area contributed by atoms with Gasteiger partial charge in [-0.15, -0.1) is 0 Å². The molecular formula is C48H48Cl2F4N2O2Ti. The van der Waals surface area contributed by atoms with E-state index in [2.05, 4.69) is 13.8 Å². The summed E-state index contributed by atoms with van der Waals surface area (Å²) in [5.41, 5.74) is -0.140. The van der Waals surface area contributed by atoms with Crippen LogP contribution >= 0.6 is 23.2 Å². The summed E-state index contributed by atoms with van der Waals surface area (Å²) in [6.07, 6.45) is 17.1. The Morgan fingerprint density at radius 2 is 0.983 bits per heavy atom. The van der Waals surface area contributed by atoms with Crippen LogP contribution in [0.1, 0.15) is 98.8 Å². The Kier molecular flexibility index (Phi) is 15.3. The van der Waals surface area contributed by atoms with Gasteiger partial charge in [-0.1, -0.05) is 0 Å². The number of unbranched alkanes of at least 4 members (excludes halogenated alkanes) is 6. The number of carbonyl (C=O) groups excluding carboxylic acids is 2. The third-order valence-corrected chi connectivity index (χ3v) is 19.7. The summed E-state index contributed by atoms with van der Waals surface area (Å²) in [5, 5.41) is 0.337. The van der Waals surface area contributed by atoms with E-state index in [1.807, 2.05) is 0 Å². The number of benzene rings is 4. The molecule has 0 saturated carbocycles. The summed E-state index contributed by atoms with van der Waals surface area (Å²) in [4.78, 5) is 31.3. The summed E-state index contributed by atoms with van der Waals surface area (Å²) < 4.78 is 70.7. The van der Waals surface area contributed by atoms with Gasteiger partial charge in [0.1, 0.15) is 0 Å². The molecule has 0 aromatic heterocycles. The Bertz CT molecular complexity index is 2160. The van der Waals surface area contributed by atoms with Crippen LogP contribution in [0, 0.1) is 23.3 Å². The molecule has 0 spiro atoms. The van der Waals surface area contributed by atoms with Crippen LogP contribution in [0.4, 0.5) is 28.9 Å². The first-order valence-electron chi connectivity index (χ1n) is 20.4. The zero-order valence-corrected chi connectivity index (χ0v) is 36.4. The molecule has 0 aliphatic heterocycles. The molecule has 4 aromatic carbocycles. The van der Waals surface area contributed by atoms with Crippen molar-refractivity contribution < 1.29 is 43.7 Å². The molecule has 0 N–H and O–H groups in total. The molecule has 0 fully saturated rings. The van der Waals surface area contributed by atoms with Crippen LogP contribution in [0.2, 0.25) is 10.0 Å². The van der Waals surface area contributed by atoms with Gasteiger partial charge >= 0.3 is 360 Å². The predicted octanol–water partition coefficient (Wildman–Crippen LogP) is 12.8. The topological polar surface area (TPSA) is 40.6 Å². The van der Waals surface area contributed by atoms with Gasteiger partial charge in [-0.3, -0.25) is 0 Å². The van der Waals surface area contributed by atoms with Crippen molar-refractivity contribution in [3.8, 4) is 0 Å². The number of carbonyl (C=O) groups is 2. The molecule has 0 unspecified atom stereocenters. The van der Waals surface area contributed by atoms with Crippen molar-refractivity contribution in [1.29, 1.82) is 0 Å². The van der Waals surface area contributed by atoms with Gasteiger partial charge in [0, 0.05) is 0 Å². The third kappa shape index (κ3) is 9.12. The van der Waals surface area contributed by atoms with E-state index in [0.29, 0.717) is 20.6 Å². The molecule has 6 rings (SSSR count). The van der Waals surface area contributed by atoms with Crippen molar-refractivity contribution in [2.45, 2.75) is 78.1 Å². The fraction of sp³-hybridized carbons (Fsp3) is 0.292. The number of nitrogens with zero attached hydrogens (tertiary/aromatic N) is 2. The fourth-order valence-electron chi connectivity index (χ4n) is 8.23. The molecule has 0 radical (unpaired) electrons. The zero-order valence-electron chi connectivity index (χ0n) is 33.4. The van der Waals surface area contributed by atoms with E-state index >= 15 is 17.6 Å². The van der Waals surface area contributed by atoms with Crippen LogP contribution in [0.25, 0.3) is 0 Å². The Balaban J connectivity index is 1.63. The fourth-order valence-corrected chi connectivity index (χ4v) is 16.9. The Labute approximate surface area is 358 Å². The number of rotatable bonds is 18. The standard InChI is InChI=1S/2C19H19ClF2NO.2C5H5.Ti/c2*1-2-3-4-7-12-23(18-11-10-14(21)13-17(18)22)19(24)15-8-5-6-9-16(15)20;2*1-2-4-5-3-1;/h2*5-6,8-11H,2-4,7,12H2,1H3;2*1-3H,4H2;. The van der Waals surface area contributed by atoms with E-state index in [4.69, 9.17) is 23.2 Å². The average molecular weight is 880 g/mol. The molecule has 0 atom stereocenters. The Morgan fingerprint density at radius 1 is 0.576 bits per heavy atom. The molecule has 4 aromatic rings. The van der Waals surface area contributed by atoms with Crippen LogP contribution in [0.3, 0.4) is 0 Å². The van der Waals surface area contributed by atoms with Crippen molar-refractivity contribution >= 4 is 54.1 Å². The maximum atomic E-state index is 18.1. The van der Waals surface area contributed by atoms with Crippen molar-refractivity contribution in [2.75, 3.05) is 22.9 Å². The van der Waals surface area contributed by atoms with Crippen molar-refractivity contribution in [1.82, 2.24) is 0 Å². The maximum absolute atomic E-state index is 18.1. The van der Waals surface area contributed by atoms with Gasteiger partial charge in [0.2, 0.25) is 0 Å². The van der Waals surface area contributed by atoms with Gasteiger partial charge in [0.05, 0.1) is 0 Å². The summed E-state index contributed by atoms with van der Waals surface area (Å²) in [6.45, 7) is 4.29. The Morgan fingerprint density at radius 3 is 1.34 bits per heavy atom. The number of hydrogen-bond acceptors (Lipinski definition) is 2. The van der Waals surface area contributed by atoms with Crippen LogP contribution in [0.5, 0.6) is 0 Å². The quantitative estimate of drug-likeness (QED) is 0.0568. The first-order valence-corrected chi connectivity index (χ1v) is 24.3. The summed E-state index contributed by atoms with van der Waals surface area (Å²) in [5.74, 6) is -5.24. The van der Waals surface area contributed by atoms with Gasteiger partial charge in [-0.05, 0) is 0 Å². The van der Waals surface area contributed by atoms with E-state index in [0.717, 1.165) is 50.7 Å². The summed E-state index contributed by atoms with van der Waals surface area (Å²) in [7, 11) is 0. The zero-order chi connectivity index (χ0) is 42.1. The SMILES string of the molecule is CCCCCCN(C(=O)c1ccccc1Cl)c1ccc(F)[c]([Ti]([C]2=CC=CC2)([C]2=CC=CC2)[c]2c(F)ccc(N(CCCCCC)C(=O)c3ccccc3Cl)c2F)c1F. The molecule has 2 aliphatic rings. The van der Waals surface area contributed by atoms with Crippen molar-refractivity contribution in [3.05, 3.63) is 161 Å². The molecule has 2 aliphatic carbocycles. The second-order valence-corrected chi connectivity index (χ2v) is 21.6. The summed E-state index contributed by atoms with van der Waals surface area (Å²) >= 11 is 7.60. The normalized spacial score (nSPS) is 13.5. The number of anilines is 2. The summed E-state index contributed by atoms with van der Waals surface area (Å²) in [6, 6.07) is 17.5. The average Bonchev–Trinajstić information content (AvgIpc) is 3.98. The van der Waals surface area contributed by atoms with E-state index in [1.54, 1.807) is 85.0 Å². The van der Waals surface area contributed by atoms with E-state index < -0.39 is 59.4 Å². The monoisotopic (exact) mass is 878 g/mol. The van der Waals surface area contributed by atoms with Gasteiger partial charge in [0.25, 0.3) is 0 Å². The molecule has 0 saturated heterocycles. The number of hydrogen-bond donors (Lipinski definition) is 0. The van der Waals surface area contributed by atoms with E-state index in [9.17, 15) is 9.59 Å². The van der Waals surface area contributed by atoms with Gasteiger partial charge in [0.15, 0.2) is 0 Å². The first-order chi connectivity index (χ1) is 28.6. The van der Waals surface area contributed by atoms with Crippen LogP contribution < -0.4 is 17.5 Å². The third-order valence-electron chi connectivity index (χ3n) is 11.1. The molecule has 0 bridgehead atoms.